The molecule has 0 aromatic heterocycles. The number of nitrogens with one attached hydrogen (secondary N) is 1. The van der Waals surface area contributed by atoms with Crippen LogP contribution in [0.5, 0.6) is 5.75 Å². The quantitative estimate of drug-likeness (QED) is 0.109. The highest BCUT2D eigenvalue weighted by molar-refractivity contribution is 5.90. The van der Waals surface area contributed by atoms with Gasteiger partial charge in [0.2, 0.25) is 0 Å². The van der Waals surface area contributed by atoms with Gasteiger partial charge >= 0.3 is 17.9 Å². The van der Waals surface area contributed by atoms with E-state index in [1.54, 1.807) is 12.1 Å². The van der Waals surface area contributed by atoms with Crippen molar-refractivity contribution >= 4 is 17.9 Å². The van der Waals surface area contributed by atoms with Crippen molar-refractivity contribution in [3.63, 3.8) is 0 Å². The second-order valence-corrected chi connectivity index (χ2v) is 10.4. The lowest BCUT2D eigenvalue weighted by molar-refractivity contribution is -0.134. The van der Waals surface area contributed by atoms with Crippen LogP contribution in [-0.2, 0) is 27.4 Å². The third-order valence-electron chi connectivity index (χ3n) is 6.94. The summed E-state index contributed by atoms with van der Waals surface area (Å²) in [5.41, 5.74) is 5.53. The molecule has 0 spiro atoms. The summed E-state index contributed by atoms with van der Waals surface area (Å²) in [5.74, 6) is -1.64. The van der Waals surface area contributed by atoms with E-state index in [2.05, 4.69) is 85.0 Å². The molecule has 0 amide bonds. The number of benzene rings is 4. The molecule has 0 fully saturated rings. The number of hydrogen-bond acceptors (Lipinski definition) is 6. The lowest BCUT2D eigenvalue weighted by atomic mass is 9.88. The van der Waals surface area contributed by atoms with E-state index < -0.39 is 11.9 Å². The fourth-order valence-corrected chi connectivity index (χ4v) is 4.68. The van der Waals surface area contributed by atoms with Crippen molar-refractivity contribution in [3.05, 3.63) is 149 Å². The molecule has 0 bridgehead atoms. The summed E-state index contributed by atoms with van der Waals surface area (Å²) in [6, 6.07) is 37.5. The first-order valence-corrected chi connectivity index (χ1v) is 14.6. The van der Waals surface area contributed by atoms with Crippen molar-refractivity contribution in [2.45, 2.75) is 38.3 Å². The normalized spacial score (nSPS) is 11.4. The molecule has 0 aliphatic heterocycles. The van der Waals surface area contributed by atoms with Crippen molar-refractivity contribution < 1.29 is 34.1 Å². The molecule has 0 saturated carbocycles. The average Bonchev–Trinajstić information content (AvgIpc) is 3.06. The predicted octanol–water partition coefficient (Wildman–Crippen LogP) is 6.51. The first-order valence-electron chi connectivity index (χ1n) is 14.6. The largest absolute Gasteiger partial charge is 0.489 e. The van der Waals surface area contributed by atoms with Gasteiger partial charge in [-0.3, -0.25) is 0 Å². The van der Waals surface area contributed by atoms with Gasteiger partial charge in [0.1, 0.15) is 12.4 Å². The second-order valence-electron chi connectivity index (χ2n) is 10.4. The maximum absolute atomic E-state index is 11.6. The molecule has 1 atom stereocenters. The van der Waals surface area contributed by atoms with Gasteiger partial charge in [0.05, 0.1) is 12.7 Å². The van der Waals surface area contributed by atoms with Crippen molar-refractivity contribution in [2.24, 2.45) is 0 Å². The highest BCUT2D eigenvalue weighted by Crippen LogP contribution is 2.27. The van der Waals surface area contributed by atoms with E-state index in [4.69, 9.17) is 19.7 Å². The zero-order valence-corrected chi connectivity index (χ0v) is 25.5. The van der Waals surface area contributed by atoms with Crippen LogP contribution in [0, 0.1) is 0 Å². The fraction of sp³-hybridized carbons (Fsp3) is 0.216. The van der Waals surface area contributed by atoms with Crippen molar-refractivity contribution in [2.75, 3.05) is 13.7 Å². The molecule has 45 heavy (non-hydrogen) atoms. The molecule has 8 heteroatoms. The minimum absolute atomic E-state index is 0.334. The number of ether oxygens (including phenoxy) is 2. The molecule has 4 aromatic rings. The Bertz CT molecular complexity index is 1450. The zero-order chi connectivity index (χ0) is 32.4. The van der Waals surface area contributed by atoms with Gasteiger partial charge in [-0.25, -0.2) is 14.4 Å². The summed E-state index contributed by atoms with van der Waals surface area (Å²) < 4.78 is 10.7. The second kappa shape index (κ2) is 18.5. The fourth-order valence-electron chi connectivity index (χ4n) is 4.68. The molecular weight excluding hydrogens is 570 g/mol. The number of rotatable bonds is 14. The van der Waals surface area contributed by atoms with Crippen LogP contribution in [0.25, 0.3) is 0 Å². The number of carbonyl (C=O) groups excluding carboxylic acids is 1. The number of carboxylic acid groups (broad SMARTS) is 2. The van der Waals surface area contributed by atoms with Crippen LogP contribution < -0.4 is 10.1 Å². The third kappa shape index (κ3) is 12.5. The molecule has 0 radical (unpaired) electrons. The van der Waals surface area contributed by atoms with E-state index in [-0.39, 0.29) is 5.97 Å². The van der Waals surface area contributed by atoms with Gasteiger partial charge in [0.15, 0.2) is 0 Å². The Morgan fingerprint density at radius 1 is 0.733 bits per heavy atom. The number of methoxy groups -OCH3 is 1. The monoisotopic (exact) mass is 609 g/mol. The number of aliphatic carboxylic acids is 2. The summed E-state index contributed by atoms with van der Waals surface area (Å²) >= 11 is 0. The van der Waals surface area contributed by atoms with E-state index in [9.17, 15) is 14.4 Å². The van der Waals surface area contributed by atoms with Crippen molar-refractivity contribution in [1.82, 2.24) is 5.32 Å². The maximum Gasteiger partial charge on any atom is 0.337 e. The zero-order valence-electron chi connectivity index (χ0n) is 25.5. The third-order valence-corrected chi connectivity index (χ3v) is 6.94. The Morgan fingerprint density at radius 3 is 1.73 bits per heavy atom. The van der Waals surface area contributed by atoms with Crippen molar-refractivity contribution in [1.29, 1.82) is 0 Å². The Morgan fingerprint density at radius 2 is 1.24 bits per heavy atom. The Balaban J connectivity index is 0.000000610. The summed E-state index contributed by atoms with van der Waals surface area (Å²) in [6.07, 6.45) is 3.12. The smallest absolute Gasteiger partial charge is 0.337 e. The molecule has 1 unspecified atom stereocenters. The average molecular weight is 610 g/mol. The molecule has 4 aromatic carbocycles. The number of carbonyl (C=O) groups is 3. The molecule has 0 aliphatic carbocycles. The lowest BCUT2D eigenvalue weighted by Gasteiger charge is -2.20. The minimum atomic E-state index is -1.26. The molecule has 0 aliphatic rings. The Labute approximate surface area is 264 Å². The highest BCUT2D eigenvalue weighted by Gasteiger charge is 2.14. The van der Waals surface area contributed by atoms with Gasteiger partial charge in [-0.15, -0.1) is 0 Å². The van der Waals surface area contributed by atoms with Crippen LogP contribution in [0.1, 0.15) is 51.9 Å². The summed E-state index contributed by atoms with van der Waals surface area (Å²) in [4.78, 5) is 30.7. The predicted molar refractivity (Wildman–Crippen MR) is 173 cm³/mol. The lowest BCUT2D eigenvalue weighted by Crippen LogP contribution is -2.30. The number of esters is 1. The van der Waals surface area contributed by atoms with Gasteiger partial charge in [0.25, 0.3) is 0 Å². The summed E-state index contributed by atoms with van der Waals surface area (Å²) in [5, 5.41) is 19.3. The van der Waals surface area contributed by atoms with E-state index in [0.29, 0.717) is 36.3 Å². The number of carboxylic acids is 2. The summed E-state index contributed by atoms with van der Waals surface area (Å²) in [6.45, 7) is 3.64. The first kappa shape index (κ1) is 34.3. The first-order chi connectivity index (χ1) is 21.7. The molecular formula is C37H39NO7. The van der Waals surface area contributed by atoms with Crippen LogP contribution in [0.4, 0.5) is 0 Å². The van der Waals surface area contributed by atoms with Crippen LogP contribution in [-0.4, -0.2) is 47.8 Å². The van der Waals surface area contributed by atoms with E-state index in [1.807, 2.05) is 24.3 Å². The maximum atomic E-state index is 11.6. The van der Waals surface area contributed by atoms with Crippen LogP contribution in [0.15, 0.2) is 121 Å². The van der Waals surface area contributed by atoms with Gasteiger partial charge in [-0.05, 0) is 72.8 Å². The van der Waals surface area contributed by atoms with Gasteiger partial charge in [-0.1, -0.05) is 84.9 Å². The van der Waals surface area contributed by atoms with Crippen LogP contribution in [0.2, 0.25) is 0 Å². The van der Waals surface area contributed by atoms with Crippen molar-refractivity contribution in [3.8, 4) is 5.75 Å². The van der Waals surface area contributed by atoms with E-state index in [1.165, 1.54) is 23.8 Å². The molecule has 234 valence electrons. The molecule has 0 saturated heterocycles. The van der Waals surface area contributed by atoms with Gasteiger partial charge in [-0.2, -0.15) is 0 Å². The highest BCUT2D eigenvalue weighted by atomic mass is 16.5. The SMILES string of the molecule is COC(=O)c1ccc(COc2ccc(CC(C)NCCC(c3ccccc3)c3ccccc3)cc2)cc1.O=C(O)/C=C\C(=O)O. The number of hydrogen-bond donors (Lipinski definition) is 3. The topological polar surface area (TPSA) is 122 Å². The van der Waals surface area contributed by atoms with Crippen LogP contribution >= 0.6 is 0 Å². The minimum Gasteiger partial charge on any atom is -0.489 e. The van der Waals surface area contributed by atoms with Gasteiger partial charge in [0, 0.05) is 24.1 Å². The molecule has 3 N–H and O–H groups in total. The standard InChI is InChI=1S/C33H35NO3.C4H4O4/c1-25(34-22-21-32(28-9-5-3-6-10-28)29-11-7-4-8-12-29)23-26-15-19-31(20-16-26)37-24-27-13-17-30(18-14-27)33(35)36-2;5-3(6)1-2-4(7)8/h3-20,25,32,34H,21-24H2,1-2H3;1-2H,(H,5,6)(H,7,8)/b;2-1-. The van der Waals surface area contributed by atoms with Gasteiger partial charge < -0.3 is 25.0 Å². The van der Waals surface area contributed by atoms with E-state index >= 15 is 0 Å². The van der Waals surface area contributed by atoms with Crippen LogP contribution in [0.3, 0.4) is 0 Å². The summed E-state index contributed by atoms with van der Waals surface area (Å²) in [7, 11) is 1.38. The Hall–Kier alpha value is -5.21. The molecule has 8 nitrogen and oxygen atoms in total. The molecule has 4 rings (SSSR count). The van der Waals surface area contributed by atoms with E-state index in [0.717, 1.165) is 30.7 Å². The Kier molecular flexibility index (Phi) is 14.1. The molecule has 0 heterocycles.